The molecule has 0 unspecified atom stereocenters. The summed E-state index contributed by atoms with van der Waals surface area (Å²) in [7, 11) is -3.86. The summed E-state index contributed by atoms with van der Waals surface area (Å²) in [5.74, 6) is -1.57. The summed E-state index contributed by atoms with van der Waals surface area (Å²) >= 11 is 0. The molecule has 0 aromatic carbocycles. The van der Waals surface area contributed by atoms with Gasteiger partial charge in [0.25, 0.3) is 10.2 Å². The van der Waals surface area contributed by atoms with Gasteiger partial charge >= 0.3 is 6.18 Å². The molecular weight excluding hydrogens is 309 g/mol. The number of alkyl halides is 3. The van der Waals surface area contributed by atoms with Crippen molar-refractivity contribution in [3.8, 4) is 0 Å². The van der Waals surface area contributed by atoms with Crippen molar-refractivity contribution >= 4 is 10.2 Å². The second kappa shape index (κ2) is 6.02. The van der Waals surface area contributed by atoms with E-state index < -0.39 is 28.8 Å². The van der Waals surface area contributed by atoms with Gasteiger partial charge in [0.1, 0.15) is 0 Å². The Morgan fingerprint density at radius 3 is 2.14 bits per heavy atom. The van der Waals surface area contributed by atoms with Gasteiger partial charge in [-0.05, 0) is 26.7 Å². The summed E-state index contributed by atoms with van der Waals surface area (Å²) in [5, 5.41) is 0. The molecule has 0 aromatic rings. The summed E-state index contributed by atoms with van der Waals surface area (Å²) in [6.07, 6.45) is -4.64. The molecular formula is C12H21F3N2O3S. The third kappa shape index (κ3) is 3.88. The Balaban J connectivity index is 2.11. The number of halogens is 3. The molecule has 3 atom stereocenters. The van der Waals surface area contributed by atoms with Gasteiger partial charge < -0.3 is 4.74 Å². The third-order valence-electron chi connectivity index (χ3n) is 3.89. The number of ether oxygens (including phenoxy) is 1. The molecule has 2 heterocycles. The molecule has 2 saturated heterocycles. The van der Waals surface area contributed by atoms with Crippen LogP contribution in [0.2, 0.25) is 0 Å². The molecule has 124 valence electrons. The molecule has 2 aliphatic rings. The van der Waals surface area contributed by atoms with E-state index in [1.165, 1.54) is 4.31 Å². The summed E-state index contributed by atoms with van der Waals surface area (Å²) in [5.41, 5.74) is 0. The number of rotatable bonds is 2. The number of morpholine rings is 1. The predicted molar refractivity (Wildman–Crippen MR) is 70.9 cm³/mol. The topological polar surface area (TPSA) is 49.9 Å². The van der Waals surface area contributed by atoms with Crippen LogP contribution in [-0.4, -0.2) is 61.6 Å². The zero-order chi connectivity index (χ0) is 15.8. The smallest absolute Gasteiger partial charge is 0.373 e. The zero-order valence-electron chi connectivity index (χ0n) is 12.1. The second-order valence-electron chi connectivity index (χ2n) is 5.82. The molecule has 0 amide bonds. The lowest BCUT2D eigenvalue weighted by molar-refractivity contribution is -0.182. The van der Waals surface area contributed by atoms with Gasteiger partial charge in [-0.1, -0.05) is 0 Å². The molecule has 0 aliphatic carbocycles. The molecule has 0 radical (unpaired) electrons. The van der Waals surface area contributed by atoms with Crippen LogP contribution in [0.1, 0.15) is 26.7 Å². The summed E-state index contributed by atoms with van der Waals surface area (Å²) < 4.78 is 71.2. The summed E-state index contributed by atoms with van der Waals surface area (Å²) in [6, 6.07) is 0. The largest absolute Gasteiger partial charge is 0.393 e. The second-order valence-corrected chi connectivity index (χ2v) is 7.75. The van der Waals surface area contributed by atoms with Gasteiger partial charge in [-0.15, -0.1) is 0 Å². The van der Waals surface area contributed by atoms with Crippen molar-refractivity contribution in [2.45, 2.75) is 45.1 Å². The molecule has 2 rings (SSSR count). The Labute approximate surface area is 123 Å². The maximum Gasteiger partial charge on any atom is 0.393 e. The van der Waals surface area contributed by atoms with Crippen molar-refractivity contribution in [2.75, 3.05) is 26.2 Å². The maximum atomic E-state index is 12.8. The van der Waals surface area contributed by atoms with Crippen molar-refractivity contribution in [1.82, 2.24) is 8.61 Å². The van der Waals surface area contributed by atoms with E-state index in [0.29, 0.717) is 0 Å². The lowest BCUT2D eigenvalue weighted by atomic mass is 9.99. The van der Waals surface area contributed by atoms with E-state index in [4.69, 9.17) is 4.74 Å². The number of hydrogen-bond acceptors (Lipinski definition) is 3. The molecule has 0 saturated carbocycles. The predicted octanol–water partition coefficient (Wildman–Crippen LogP) is 1.61. The van der Waals surface area contributed by atoms with Crippen molar-refractivity contribution < 1.29 is 26.3 Å². The van der Waals surface area contributed by atoms with Crippen LogP contribution >= 0.6 is 0 Å². The SMILES string of the molecule is C[C@@H]1CN(S(=O)(=O)N2CCC[C@H](C(F)(F)F)C2)C[C@H](C)O1. The fourth-order valence-electron chi connectivity index (χ4n) is 2.90. The molecule has 21 heavy (non-hydrogen) atoms. The quantitative estimate of drug-likeness (QED) is 0.773. The van der Waals surface area contributed by atoms with Gasteiger partial charge in [-0.3, -0.25) is 0 Å². The Bertz CT molecular complexity index is 459. The number of piperidine rings is 1. The maximum absolute atomic E-state index is 12.8. The zero-order valence-corrected chi connectivity index (χ0v) is 13.0. The van der Waals surface area contributed by atoms with E-state index >= 15 is 0 Å². The Hall–Kier alpha value is -0.380. The van der Waals surface area contributed by atoms with Crippen LogP contribution in [0.5, 0.6) is 0 Å². The average Bonchev–Trinajstić information content (AvgIpc) is 2.36. The Kier molecular flexibility index (Phi) is 4.87. The van der Waals surface area contributed by atoms with Crippen molar-refractivity contribution in [2.24, 2.45) is 5.92 Å². The highest BCUT2D eigenvalue weighted by atomic mass is 32.2. The first-order chi connectivity index (χ1) is 9.60. The first-order valence-electron chi connectivity index (χ1n) is 7.08. The van der Waals surface area contributed by atoms with Crippen LogP contribution in [0.3, 0.4) is 0 Å². The van der Waals surface area contributed by atoms with Crippen molar-refractivity contribution in [1.29, 1.82) is 0 Å². The molecule has 5 nitrogen and oxygen atoms in total. The fourth-order valence-corrected chi connectivity index (χ4v) is 4.75. The van der Waals surface area contributed by atoms with Crippen LogP contribution in [0.15, 0.2) is 0 Å². The lowest BCUT2D eigenvalue weighted by Crippen LogP contribution is -2.55. The lowest BCUT2D eigenvalue weighted by Gasteiger charge is -2.40. The van der Waals surface area contributed by atoms with Crippen LogP contribution in [0, 0.1) is 5.92 Å². The molecule has 0 bridgehead atoms. The van der Waals surface area contributed by atoms with E-state index in [2.05, 4.69) is 0 Å². The van der Waals surface area contributed by atoms with Crippen LogP contribution in [0.4, 0.5) is 13.2 Å². The minimum atomic E-state index is -4.35. The van der Waals surface area contributed by atoms with Crippen LogP contribution < -0.4 is 0 Å². The molecule has 2 fully saturated rings. The van der Waals surface area contributed by atoms with Crippen molar-refractivity contribution in [3.63, 3.8) is 0 Å². The van der Waals surface area contributed by atoms with Gasteiger partial charge in [0, 0.05) is 26.2 Å². The standard InChI is InChI=1S/C12H21F3N2O3S/c1-9-6-17(7-10(2)20-9)21(18,19)16-5-3-4-11(8-16)12(13,14)15/h9-11H,3-8H2,1-2H3/t9-,10+,11-/m0/s1. The Morgan fingerprint density at radius 1 is 1.05 bits per heavy atom. The number of nitrogens with zero attached hydrogens (tertiary/aromatic N) is 2. The first-order valence-corrected chi connectivity index (χ1v) is 8.48. The van der Waals surface area contributed by atoms with E-state index in [0.717, 1.165) is 4.31 Å². The van der Waals surface area contributed by atoms with E-state index in [-0.39, 0.29) is 44.7 Å². The Morgan fingerprint density at radius 2 is 1.62 bits per heavy atom. The molecule has 9 heteroatoms. The van der Waals surface area contributed by atoms with Gasteiger partial charge in [0.15, 0.2) is 0 Å². The van der Waals surface area contributed by atoms with E-state index in [1.54, 1.807) is 13.8 Å². The highest BCUT2D eigenvalue weighted by Gasteiger charge is 2.45. The molecule has 0 N–H and O–H groups in total. The van der Waals surface area contributed by atoms with Crippen LogP contribution in [-0.2, 0) is 14.9 Å². The normalized spacial score (nSPS) is 34.0. The summed E-state index contributed by atoms with van der Waals surface area (Å²) in [6.45, 7) is 3.54. The van der Waals surface area contributed by atoms with Gasteiger partial charge in [0.05, 0.1) is 18.1 Å². The monoisotopic (exact) mass is 330 g/mol. The third-order valence-corrected chi connectivity index (χ3v) is 5.82. The van der Waals surface area contributed by atoms with Gasteiger partial charge in [0.2, 0.25) is 0 Å². The fraction of sp³-hybridized carbons (Fsp3) is 1.00. The van der Waals surface area contributed by atoms with Crippen LogP contribution in [0.25, 0.3) is 0 Å². The minimum absolute atomic E-state index is 0.00850. The minimum Gasteiger partial charge on any atom is -0.373 e. The van der Waals surface area contributed by atoms with Gasteiger partial charge in [-0.25, -0.2) is 0 Å². The average molecular weight is 330 g/mol. The summed E-state index contributed by atoms with van der Waals surface area (Å²) in [4.78, 5) is 0. The van der Waals surface area contributed by atoms with E-state index in [9.17, 15) is 21.6 Å². The molecule has 2 aliphatic heterocycles. The molecule has 0 aromatic heterocycles. The van der Waals surface area contributed by atoms with E-state index in [1.807, 2.05) is 0 Å². The highest BCUT2D eigenvalue weighted by Crippen LogP contribution is 2.34. The highest BCUT2D eigenvalue weighted by molar-refractivity contribution is 7.86. The molecule has 0 spiro atoms. The number of hydrogen-bond donors (Lipinski definition) is 0. The van der Waals surface area contributed by atoms with Gasteiger partial charge in [-0.2, -0.15) is 30.2 Å². The van der Waals surface area contributed by atoms with Crippen molar-refractivity contribution in [3.05, 3.63) is 0 Å². The first kappa shape index (κ1) is 17.0.